The molecule has 2 unspecified atom stereocenters. The lowest BCUT2D eigenvalue weighted by Gasteiger charge is -2.40. The first-order chi connectivity index (χ1) is 11.3. The Labute approximate surface area is 134 Å². The number of anilines is 1. The zero-order valence-electron chi connectivity index (χ0n) is 13.2. The van der Waals surface area contributed by atoms with Crippen LogP contribution in [0.3, 0.4) is 0 Å². The van der Waals surface area contributed by atoms with Gasteiger partial charge in [0.2, 0.25) is 0 Å². The van der Waals surface area contributed by atoms with Crippen molar-refractivity contribution in [1.82, 2.24) is 24.7 Å². The van der Waals surface area contributed by atoms with Crippen LogP contribution < -0.4 is 4.90 Å². The fourth-order valence-corrected chi connectivity index (χ4v) is 4.61. The van der Waals surface area contributed by atoms with E-state index in [1.807, 2.05) is 17.1 Å². The Balaban J connectivity index is 1.51. The highest BCUT2D eigenvalue weighted by atomic mass is 15.3. The van der Waals surface area contributed by atoms with E-state index < -0.39 is 0 Å². The summed E-state index contributed by atoms with van der Waals surface area (Å²) in [6.07, 6.45) is 10.4. The standard InChI is InChI=1S/C17H20N6/c1-22-15(5-7-21-22)11-8-12-2-3-13(9-11)23(12)17-14-4-6-18-16(14)19-10-20-17/h4-7,10-13H,2-3,8-9H2,1H3,(H,18,19,20). The van der Waals surface area contributed by atoms with Crippen molar-refractivity contribution in [2.45, 2.75) is 43.7 Å². The SMILES string of the molecule is Cn1nccc1C1CC2CCC(C1)N2c1ncnc2[nH]ccc12. The topological polar surface area (TPSA) is 62.6 Å². The van der Waals surface area contributed by atoms with Gasteiger partial charge in [0.15, 0.2) is 0 Å². The average Bonchev–Trinajstić information content (AvgIpc) is 3.25. The van der Waals surface area contributed by atoms with Crippen molar-refractivity contribution < 1.29 is 0 Å². The van der Waals surface area contributed by atoms with Gasteiger partial charge >= 0.3 is 0 Å². The van der Waals surface area contributed by atoms with Gasteiger partial charge in [-0.15, -0.1) is 0 Å². The average molecular weight is 308 g/mol. The predicted octanol–water partition coefficient (Wildman–Crippen LogP) is 2.61. The first-order valence-corrected chi connectivity index (χ1v) is 8.35. The van der Waals surface area contributed by atoms with E-state index in [9.17, 15) is 0 Å². The largest absolute Gasteiger partial charge is 0.350 e. The van der Waals surface area contributed by atoms with Gasteiger partial charge < -0.3 is 9.88 Å². The molecule has 2 atom stereocenters. The lowest BCUT2D eigenvalue weighted by molar-refractivity contribution is 0.398. The molecule has 3 aromatic heterocycles. The highest BCUT2D eigenvalue weighted by molar-refractivity contribution is 5.87. The Hall–Kier alpha value is -2.37. The number of hydrogen-bond donors (Lipinski definition) is 1. The first-order valence-electron chi connectivity index (χ1n) is 8.35. The molecular formula is C17H20N6. The highest BCUT2D eigenvalue weighted by Gasteiger charge is 2.42. The zero-order valence-corrected chi connectivity index (χ0v) is 13.2. The summed E-state index contributed by atoms with van der Waals surface area (Å²) in [6, 6.07) is 5.41. The number of nitrogens with one attached hydrogen (secondary N) is 1. The molecule has 2 bridgehead atoms. The van der Waals surface area contributed by atoms with Crippen molar-refractivity contribution in [3.63, 3.8) is 0 Å². The van der Waals surface area contributed by atoms with Gasteiger partial charge in [-0.05, 0) is 37.8 Å². The summed E-state index contributed by atoms with van der Waals surface area (Å²) in [7, 11) is 2.05. The van der Waals surface area contributed by atoms with Crippen LogP contribution in [0.1, 0.15) is 37.3 Å². The van der Waals surface area contributed by atoms with Crippen LogP contribution in [0.4, 0.5) is 5.82 Å². The van der Waals surface area contributed by atoms with Gasteiger partial charge in [-0.1, -0.05) is 0 Å². The van der Waals surface area contributed by atoms with Gasteiger partial charge in [-0.25, -0.2) is 9.97 Å². The normalized spacial score (nSPS) is 27.0. The minimum atomic E-state index is 0.571. The number of aromatic nitrogens is 5. The summed E-state index contributed by atoms with van der Waals surface area (Å²) < 4.78 is 2.04. The molecule has 2 aliphatic rings. The molecule has 2 fully saturated rings. The van der Waals surface area contributed by atoms with Gasteiger partial charge in [-0.2, -0.15) is 5.10 Å². The second kappa shape index (κ2) is 4.81. The van der Waals surface area contributed by atoms with Crippen LogP contribution >= 0.6 is 0 Å². The van der Waals surface area contributed by atoms with E-state index in [1.165, 1.54) is 31.4 Å². The Bertz CT molecular complexity index is 836. The minimum absolute atomic E-state index is 0.571. The lowest BCUT2D eigenvalue weighted by atomic mass is 9.88. The van der Waals surface area contributed by atoms with E-state index in [1.54, 1.807) is 6.33 Å². The summed E-state index contributed by atoms with van der Waals surface area (Å²) in [4.78, 5) is 14.7. The van der Waals surface area contributed by atoms with Crippen LogP contribution in [0.25, 0.3) is 11.0 Å². The molecule has 0 amide bonds. The summed E-state index contributed by atoms with van der Waals surface area (Å²) in [5.74, 6) is 1.71. The van der Waals surface area contributed by atoms with Crippen molar-refractivity contribution in [3.8, 4) is 0 Å². The van der Waals surface area contributed by atoms with Crippen LogP contribution in [0.2, 0.25) is 0 Å². The first kappa shape index (κ1) is 13.1. The quantitative estimate of drug-likeness (QED) is 0.790. The van der Waals surface area contributed by atoms with Crippen LogP contribution in [-0.4, -0.2) is 36.8 Å². The molecule has 0 radical (unpaired) electrons. The monoisotopic (exact) mass is 308 g/mol. The number of aryl methyl sites for hydroxylation is 1. The van der Waals surface area contributed by atoms with Crippen molar-refractivity contribution in [2.24, 2.45) is 7.05 Å². The number of nitrogens with zero attached hydrogens (tertiary/aromatic N) is 5. The van der Waals surface area contributed by atoms with Crippen LogP contribution in [0.5, 0.6) is 0 Å². The number of aromatic amines is 1. The summed E-state index contributed by atoms with van der Waals surface area (Å²) in [5, 5.41) is 5.49. The molecule has 3 aromatic rings. The van der Waals surface area contributed by atoms with E-state index in [-0.39, 0.29) is 0 Å². The van der Waals surface area contributed by atoms with E-state index in [4.69, 9.17) is 0 Å². The van der Waals surface area contributed by atoms with Crippen molar-refractivity contribution >= 4 is 16.9 Å². The Kier molecular flexibility index (Phi) is 2.74. The molecule has 2 saturated heterocycles. The Morgan fingerprint density at radius 2 is 1.96 bits per heavy atom. The van der Waals surface area contributed by atoms with Gasteiger partial charge in [-0.3, -0.25) is 4.68 Å². The smallest absolute Gasteiger partial charge is 0.142 e. The number of H-pyrrole nitrogens is 1. The third kappa shape index (κ3) is 1.90. The molecule has 23 heavy (non-hydrogen) atoms. The third-order valence-electron chi connectivity index (χ3n) is 5.59. The van der Waals surface area contributed by atoms with Crippen molar-refractivity contribution in [1.29, 1.82) is 0 Å². The lowest BCUT2D eigenvalue weighted by Crippen LogP contribution is -2.43. The molecule has 0 aliphatic carbocycles. The van der Waals surface area contributed by atoms with Gasteiger partial charge in [0.1, 0.15) is 17.8 Å². The third-order valence-corrected chi connectivity index (χ3v) is 5.59. The maximum absolute atomic E-state index is 4.63. The number of fused-ring (bicyclic) bond motifs is 3. The fourth-order valence-electron chi connectivity index (χ4n) is 4.61. The van der Waals surface area contributed by atoms with Gasteiger partial charge in [0.05, 0.1) is 5.39 Å². The molecular weight excluding hydrogens is 288 g/mol. The molecule has 118 valence electrons. The van der Waals surface area contributed by atoms with E-state index in [0.29, 0.717) is 18.0 Å². The van der Waals surface area contributed by atoms with E-state index >= 15 is 0 Å². The number of piperidine rings is 1. The second-order valence-electron chi connectivity index (χ2n) is 6.78. The maximum atomic E-state index is 4.63. The van der Waals surface area contributed by atoms with E-state index in [2.05, 4.69) is 44.1 Å². The Morgan fingerprint density at radius 3 is 2.70 bits per heavy atom. The Morgan fingerprint density at radius 1 is 1.13 bits per heavy atom. The van der Waals surface area contributed by atoms with Gasteiger partial charge in [0.25, 0.3) is 0 Å². The molecule has 1 N–H and O–H groups in total. The summed E-state index contributed by atoms with van der Waals surface area (Å²) in [5.41, 5.74) is 2.30. The summed E-state index contributed by atoms with van der Waals surface area (Å²) in [6.45, 7) is 0. The molecule has 0 spiro atoms. The van der Waals surface area contributed by atoms with Crippen molar-refractivity contribution in [2.75, 3.05) is 4.90 Å². The molecule has 0 aromatic carbocycles. The highest BCUT2D eigenvalue weighted by Crippen LogP contribution is 2.45. The maximum Gasteiger partial charge on any atom is 0.142 e. The van der Waals surface area contributed by atoms with Gasteiger partial charge in [0, 0.05) is 43.1 Å². The molecule has 6 nitrogen and oxygen atoms in total. The van der Waals surface area contributed by atoms with E-state index in [0.717, 1.165) is 16.9 Å². The number of rotatable bonds is 2. The molecule has 6 heteroatoms. The zero-order chi connectivity index (χ0) is 15.4. The predicted molar refractivity (Wildman–Crippen MR) is 88.4 cm³/mol. The van der Waals surface area contributed by atoms with Crippen LogP contribution in [-0.2, 0) is 7.05 Å². The molecule has 2 aliphatic heterocycles. The molecule has 5 heterocycles. The fraction of sp³-hybridized carbons (Fsp3) is 0.471. The molecule has 0 saturated carbocycles. The number of hydrogen-bond acceptors (Lipinski definition) is 4. The minimum Gasteiger partial charge on any atom is -0.350 e. The molecule has 5 rings (SSSR count). The van der Waals surface area contributed by atoms with Crippen molar-refractivity contribution in [3.05, 3.63) is 36.5 Å². The van der Waals surface area contributed by atoms with Crippen LogP contribution in [0, 0.1) is 0 Å². The summed E-state index contributed by atoms with van der Waals surface area (Å²) >= 11 is 0. The van der Waals surface area contributed by atoms with Crippen LogP contribution in [0.15, 0.2) is 30.9 Å². The second-order valence-corrected chi connectivity index (χ2v) is 6.78.